The Bertz CT molecular complexity index is 312. The van der Waals surface area contributed by atoms with Crippen LogP contribution in [0.4, 0.5) is 4.39 Å². The van der Waals surface area contributed by atoms with Gasteiger partial charge in [-0.05, 0) is 25.0 Å². The molecular weight excluding hydrogens is 201 g/mol. The number of halogens is 2. The lowest BCUT2D eigenvalue weighted by atomic mass is 10.0. The Kier molecular flexibility index (Phi) is 5.43. The standard InChI is InChI=1S/C11H14FN.ClH/c1-3-4-11(13)9-6-5-8(2)7-10(9)12;/h3,5-7,11H,1,4,13H2,2H3;1H/t11-;/m0./s1. The quantitative estimate of drug-likeness (QED) is 0.771. The minimum Gasteiger partial charge on any atom is -0.324 e. The first-order valence-electron chi connectivity index (χ1n) is 4.27. The van der Waals surface area contributed by atoms with E-state index in [2.05, 4.69) is 6.58 Å². The first kappa shape index (κ1) is 13.1. The second-order valence-electron chi connectivity index (χ2n) is 3.16. The summed E-state index contributed by atoms with van der Waals surface area (Å²) in [6.45, 7) is 5.42. The second kappa shape index (κ2) is 5.78. The minimum atomic E-state index is -0.280. The molecule has 0 aliphatic rings. The summed E-state index contributed by atoms with van der Waals surface area (Å²) in [5, 5.41) is 0. The number of hydrogen-bond acceptors (Lipinski definition) is 1. The van der Waals surface area contributed by atoms with Crippen molar-refractivity contribution in [2.24, 2.45) is 5.73 Å². The van der Waals surface area contributed by atoms with Gasteiger partial charge >= 0.3 is 0 Å². The van der Waals surface area contributed by atoms with Crippen LogP contribution in [-0.4, -0.2) is 0 Å². The van der Waals surface area contributed by atoms with E-state index in [0.717, 1.165) is 5.56 Å². The largest absolute Gasteiger partial charge is 0.324 e. The van der Waals surface area contributed by atoms with E-state index < -0.39 is 0 Å². The Hall–Kier alpha value is -0.860. The molecule has 0 amide bonds. The van der Waals surface area contributed by atoms with Gasteiger partial charge in [-0.15, -0.1) is 19.0 Å². The molecule has 0 aliphatic carbocycles. The molecule has 0 saturated heterocycles. The van der Waals surface area contributed by atoms with Gasteiger partial charge < -0.3 is 5.73 Å². The van der Waals surface area contributed by atoms with Crippen LogP contribution in [0.15, 0.2) is 30.9 Å². The summed E-state index contributed by atoms with van der Waals surface area (Å²) in [4.78, 5) is 0. The first-order chi connectivity index (χ1) is 6.15. The van der Waals surface area contributed by atoms with Crippen molar-refractivity contribution in [3.8, 4) is 0 Å². The summed E-state index contributed by atoms with van der Waals surface area (Å²) in [6, 6.07) is 4.82. The monoisotopic (exact) mass is 215 g/mol. The van der Waals surface area contributed by atoms with Crippen molar-refractivity contribution in [2.75, 3.05) is 0 Å². The summed E-state index contributed by atoms with van der Waals surface area (Å²) in [7, 11) is 0. The molecule has 0 fully saturated rings. The molecule has 1 aromatic carbocycles. The third kappa shape index (κ3) is 3.13. The van der Waals surface area contributed by atoms with E-state index in [4.69, 9.17) is 5.73 Å². The van der Waals surface area contributed by atoms with Gasteiger partial charge in [-0.1, -0.05) is 18.2 Å². The highest BCUT2D eigenvalue weighted by Crippen LogP contribution is 2.18. The van der Waals surface area contributed by atoms with E-state index in [-0.39, 0.29) is 24.3 Å². The Morgan fingerprint density at radius 2 is 2.21 bits per heavy atom. The maximum Gasteiger partial charge on any atom is 0.128 e. The van der Waals surface area contributed by atoms with Crippen LogP contribution in [0.1, 0.15) is 23.6 Å². The maximum atomic E-state index is 13.3. The van der Waals surface area contributed by atoms with E-state index in [0.29, 0.717) is 12.0 Å². The van der Waals surface area contributed by atoms with E-state index in [9.17, 15) is 4.39 Å². The number of aryl methyl sites for hydroxylation is 1. The lowest BCUT2D eigenvalue weighted by Crippen LogP contribution is -2.11. The van der Waals surface area contributed by atoms with Gasteiger partial charge in [0.05, 0.1) is 0 Å². The van der Waals surface area contributed by atoms with E-state index in [1.807, 2.05) is 13.0 Å². The molecule has 0 heterocycles. The lowest BCUT2D eigenvalue weighted by molar-refractivity contribution is 0.582. The van der Waals surface area contributed by atoms with E-state index in [1.54, 1.807) is 12.1 Å². The van der Waals surface area contributed by atoms with Crippen molar-refractivity contribution in [2.45, 2.75) is 19.4 Å². The van der Waals surface area contributed by atoms with Crippen LogP contribution < -0.4 is 5.73 Å². The first-order valence-corrected chi connectivity index (χ1v) is 4.27. The third-order valence-electron chi connectivity index (χ3n) is 1.98. The van der Waals surface area contributed by atoms with Gasteiger partial charge in [-0.3, -0.25) is 0 Å². The fourth-order valence-electron chi connectivity index (χ4n) is 1.24. The molecule has 0 aliphatic heterocycles. The van der Waals surface area contributed by atoms with Gasteiger partial charge in [0.2, 0.25) is 0 Å². The van der Waals surface area contributed by atoms with Crippen LogP contribution in [0.25, 0.3) is 0 Å². The molecule has 0 radical (unpaired) electrons. The van der Waals surface area contributed by atoms with E-state index in [1.165, 1.54) is 6.07 Å². The van der Waals surface area contributed by atoms with Crippen molar-refractivity contribution >= 4 is 12.4 Å². The molecule has 78 valence electrons. The van der Waals surface area contributed by atoms with Gasteiger partial charge in [0.25, 0.3) is 0 Å². The van der Waals surface area contributed by atoms with Crippen molar-refractivity contribution in [1.29, 1.82) is 0 Å². The lowest BCUT2D eigenvalue weighted by Gasteiger charge is -2.10. The molecule has 0 aromatic heterocycles. The van der Waals surface area contributed by atoms with E-state index >= 15 is 0 Å². The van der Waals surface area contributed by atoms with Crippen LogP contribution >= 0.6 is 12.4 Å². The zero-order valence-electron chi connectivity index (χ0n) is 8.16. The molecule has 3 heteroatoms. The smallest absolute Gasteiger partial charge is 0.128 e. The Balaban J connectivity index is 0.00000169. The summed E-state index contributed by atoms with van der Waals surface area (Å²) < 4.78 is 13.3. The molecule has 0 unspecified atom stereocenters. The Morgan fingerprint density at radius 3 is 2.71 bits per heavy atom. The summed E-state index contributed by atoms with van der Waals surface area (Å²) >= 11 is 0. The van der Waals surface area contributed by atoms with Crippen LogP contribution in [0.2, 0.25) is 0 Å². The minimum absolute atomic E-state index is 0. The molecule has 1 nitrogen and oxygen atoms in total. The number of hydrogen-bond donors (Lipinski definition) is 1. The predicted molar refractivity (Wildman–Crippen MR) is 60.1 cm³/mol. The molecule has 1 aromatic rings. The third-order valence-corrected chi connectivity index (χ3v) is 1.98. The number of rotatable bonds is 3. The van der Waals surface area contributed by atoms with Gasteiger partial charge in [-0.25, -0.2) is 4.39 Å². The topological polar surface area (TPSA) is 26.0 Å². The average molecular weight is 216 g/mol. The van der Waals surface area contributed by atoms with Crippen molar-refractivity contribution in [3.63, 3.8) is 0 Å². The molecule has 0 saturated carbocycles. The highest BCUT2D eigenvalue weighted by atomic mass is 35.5. The zero-order valence-corrected chi connectivity index (χ0v) is 8.98. The average Bonchev–Trinajstić information content (AvgIpc) is 2.04. The highest BCUT2D eigenvalue weighted by Gasteiger charge is 2.09. The summed E-state index contributed by atoms with van der Waals surface area (Å²) in [5.41, 5.74) is 7.22. The SMILES string of the molecule is C=CC[C@H](N)c1ccc(C)cc1F.Cl. The van der Waals surface area contributed by atoms with Crippen LogP contribution in [0.3, 0.4) is 0 Å². The maximum absolute atomic E-state index is 13.3. The molecule has 14 heavy (non-hydrogen) atoms. The van der Waals surface area contributed by atoms with Crippen LogP contribution in [0.5, 0.6) is 0 Å². The Morgan fingerprint density at radius 1 is 1.57 bits per heavy atom. The summed E-state index contributed by atoms with van der Waals surface area (Å²) in [5.74, 6) is -0.227. The van der Waals surface area contributed by atoms with Gasteiger partial charge in [-0.2, -0.15) is 0 Å². The number of benzene rings is 1. The second-order valence-corrected chi connectivity index (χ2v) is 3.16. The highest BCUT2D eigenvalue weighted by molar-refractivity contribution is 5.85. The van der Waals surface area contributed by atoms with Crippen LogP contribution in [0, 0.1) is 12.7 Å². The van der Waals surface area contributed by atoms with Crippen LogP contribution in [-0.2, 0) is 0 Å². The molecule has 0 spiro atoms. The molecule has 0 bridgehead atoms. The van der Waals surface area contributed by atoms with Crippen molar-refractivity contribution in [1.82, 2.24) is 0 Å². The predicted octanol–water partition coefficient (Wildman–Crippen LogP) is 3.13. The Labute approximate surface area is 90.2 Å². The fraction of sp³-hybridized carbons (Fsp3) is 0.273. The van der Waals surface area contributed by atoms with Crippen molar-refractivity contribution < 1.29 is 4.39 Å². The van der Waals surface area contributed by atoms with Gasteiger partial charge in [0.1, 0.15) is 5.82 Å². The molecule has 1 atom stereocenters. The molecule has 1 rings (SSSR count). The summed E-state index contributed by atoms with van der Waals surface area (Å²) in [6.07, 6.45) is 2.30. The number of nitrogens with two attached hydrogens (primary N) is 1. The van der Waals surface area contributed by atoms with Gasteiger partial charge in [0.15, 0.2) is 0 Å². The van der Waals surface area contributed by atoms with Gasteiger partial charge in [0, 0.05) is 11.6 Å². The van der Waals surface area contributed by atoms with Crippen molar-refractivity contribution in [3.05, 3.63) is 47.8 Å². The zero-order chi connectivity index (χ0) is 9.84. The normalized spacial score (nSPS) is 11.6. The molecular formula is C11H15ClFN. The fourth-order valence-corrected chi connectivity index (χ4v) is 1.24. The molecule has 2 N–H and O–H groups in total.